The Morgan fingerprint density at radius 2 is 1.32 bits per heavy atom. The van der Waals surface area contributed by atoms with Gasteiger partial charge in [0.2, 0.25) is 5.91 Å². The van der Waals surface area contributed by atoms with Crippen molar-refractivity contribution >= 4 is 70.1 Å². The van der Waals surface area contributed by atoms with E-state index in [-0.39, 0.29) is 11.6 Å². The Labute approximate surface area is 287 Å². The molecule has 3 N–H and O–H groups in total. The van der Waals surface area contributed by atoms with Crippen molar-refractivity contribution in [1.29, 1.82) is 0 Å². The maximum absolute atomic E-state index is 13.5. The van der Waals surface area contributed by atoms with Crippen LogP contribution in [0.15, 0.2) is 138 Å². The molecule has 236 valence electrons. The Balaban J connectivity index is 1.24. The van der Waals surface area contributed by atoms with Gasteiger partial charge < -0.3 is 20.7 Å². The number of anilines is 2. The molecule has 1 unspecified atom stereocenters. The van der Waals surface area contributed by atoms with Gasteiger partial charge in [-0.05, 0) is 91.9 Å². The standard InChI is InChI=1S/C37H29Cl2N3O4S/c1-24(35(43)40-26-18-20-29(21-19-26)46-28-13-6-3-7-14-28)47-30-15-8-12-27(22-30)41-37(45)34(23-31-32(38)16-9-17-33(31)39)42-36(44)25-10-4-2-5-11-25/h2-24H,1H3,(H,40,43)(H,41,45)(H,42,44)/b34-23+. The van der Waals surface area contributed by atoms with Gasteiger partial charge in [0, 0.05) is 37.4 Å². The van der Waals surface area contributed by atoms with Gasteiger partial charge in [0.05, 0.1) is 5.25 Å². The van der Waals surface area contributed by atoms with Crippen LogP contribution < -0.4 is 20.7 Å². The number of nitrogens with one attached hydrogen (secondary N) is 3. The van der Waals surface area contributed by atoms with Crippen molar-refractivity contribution in [3.8, 4) is 11.5 Å². The van der Waals surface area contributed by atoms with E-state index in [9.17, 15) is 14.4 Å². The molecule has 5 aromatic rings. The fourth-order valence-electron chi connectivity index (χ4n) is 4.31. The molecule has 0 saturated heterocycles. The zero-order valence-electron chi connectivity index (χ0n) is 25.1. The van der Waals surface area contributed by atoms with E-state index in [2.05, 4.69) is 16.0 Å². The maximum Gasteiger partial charge on any atom is 0.272 e. The van der Waals surface area contributed by atoms with Crippen LogP contribution in [0.1, 0.15) is 22.8 Å². The molecule has 1 atom stereocenters. The van der Waals surface area contributed by atoms with Crippen molar-refractivity contribution in [3.05, 3.63) is 154 Å². The number of hydrogen-bond donors (Lipinski definition) is 3. The molecular formula is C37H29Cl2N3O4S. The summed E-state index contributed by atoms with van der Waals surface area (Å²) in [5.74, 6) is 0.132. The Hall–Kier alpha value is -5.02. The monoisotopic (exact) mass is 681 g/mol. The summed E-state index contributed by atoms with van der Waals surface area (Å²) in [5.41, 5.74) is 1.81. The van der Waals surface area contributed by atoms with Crippen LogP contribution in [0.3, 0.4) is 0 Å². The van der Waals surface area contributed by atoms with E-state index in [1.54, 1.807) is 97.9 Å². The number of benzene rings is 5. The van der Waals surface area contributed by atoms with Crippen LogP contribution in [0.2, 0.25) is 10.0 Å². The number of ether oxygens (including phenoxy) is 1. The summed E-state index contributed by atoms with van der Waals surface area (Å²) in [6.45, 7) is 1.80. The lowest BCUT2D eigenvalue weighted by molar-refractivity contribution is -0.115. The van der Waals surface area contributed by atoms with E-state index in [1.807, 2.05) is 36.4 Å². The zero-order valence-corrected chi connectivity index (χ0v) is 27.4. The third kappa shape index (κ3) is 9.50. The molecule has 5 rings (SSSR count). The van der Waals surface area contributed by atoms with Gasteiger partial charge in [0.25, 0.3) is 11.8 Å². The SMILES string of the molecule is CC(Sc1cccc(NC(=O)/C(=C\c2c(Cl)cccc2Cl)NC(=O)c2ccccc2)c1)C(=O)Nc1ccc(Oc2ccccc2)cc1. The number of hydrogen-bond acceptors (Lipinski definition) is 5. The highest BCUT2D eigenvalue weighted by Crippen LogP contribution is 2.29. The van der Waals surface area contributed by atoms with E-state index in [0.29, 0.717) is 38.3 Å². The molecule has 0 aromatic heterocycles. The number of carbonyl (C=O) groups is 3. The number of para-hydroxylation sites is 1. The van der Waals surface area contributed by atoms with Gasteiger partial charge in [0.15, 0.2) is 0 Å². The van der Waals surface area contributed by atoms with Gasteiger partial charge in [-0.3, -0.25) is 14.4 Å². The summed E-state index contributed by atoms with van der Waals surface area (Å²) in [7, 11) is 0. The van der Waals surface area contributed by atoms with Crippen molar-refractivity contribution in [2.24, 2.45) is 0 Å². The third-order valence-corrected chi connectivity index (χ3v) is 8.44. The van der Waals surface area contributed by atoms with E-state index >= 15 is 0 Å². The summed E-state index contributed by atoms with van der Waals surface area (Å²) in [6.07, 6.45) is 1.44. The lowest BCUT2D eigenvalue weighted by Gasteiger charge is -2.15. The lowest BCUT2D eigenvalue weighted by atomic mass is 10.1. The summed E-state index contributed by atoms with van der Waals surface area (Å²) in [4.78, 5) is 40.3. The predicted molar refractivity (Wildman–Crippen MR) is 190 cm³/mol. The Bertz CT molecular complexity index is 1880. The first kappa shape index (κ1) is 33.3. The topological polar surface area (TPSA) is 96.5 Å². The average molecular weight is 683 g/mol. The van der Waals surface area contributed by atoms with Crippen LogP contribution in [0.5, 0.6) is 11.5 Å². The number of amides is 3. The quantitative estimate of drug-likeness (QED) is 0.0954. The maximum atomic E-state index is 13.5. The minimum atomic E-state index is -0.585. The molecule has 47 heavy (non-hydrogen) atoms. The molecule has 0 saturated carbocycles. The van der Waals surface area contributed by atoms with Gasteiger partial charge in [-0.1, -0.05) is 71.7 Å². The molecule has 10 heteroatoms. The second-order valence-corrected chi connectivity index (χ2v) is 12.4. The van der Waals surface area contributed by atoms with Gasteiger partial charge in [-0.2, -0.15) is 0 Å². The fourth-order valence-corrected chi connectivity index (χ4v) is 5.75. The van der Waals surface area contributed by atoms with Gasteiger partial charge >= 0.3 is 0 Å². The van der Waals surface area contributed by atoms with Crippen molar-refractivity contribution in [2.75, 3.05) is 10.6 Å². The molecular weight excluding hydrogens is 653 g/mol. The summed E-state index contributed by atoms with van der Waals surface area (Å²) >= 11 is 14.1. The normalized spacial score (nSPS) is 11.7. The first-order valence-corrected chi connectivity index (χ1v) is 16.1. The molecule has 0 bridgehead atoms. The highest BCUT2D eigenvalue weighted by atomic mass is 35.5. The minimum Gasteiger partial charge on any atom is -0.457 e. The summed E-state index contributed by atoms with van der Waals surface area (Å²) in [5, 5.41) is 8.62. The predicted octanol–water partition coefficient (Wildman–Crippen LogP) is 9.31. The van der Waals surface area contributed by atoms with Crippen LogP contribution in [0, 0.1) is 0 Å². The summed E-state index contributed by atoms with van der Waals surface area (Å²) < 4.78 is 5.81. The Morgan fingerprint density at radius 1 is 0.702 bits per heavy atom. The van der Waals surface area contributed by atoms with Crippen LogP contribution >= 0.6 is 35.0 Å². The fraction of sp³-hybridized carbons (Fsp3) is 0.0541. The number of rotatable bonds is 11. The minimum absolute atomic E-state index is 0.0557. The van der Waals surface area contributed by atoms with E-state index < -0.39 is 17.1 Å². The van der Waals surface area contributed by atoms with Crippen molar-refractivity contribution < 1.29 is 19.1 Å². The molecule has 0 spiro atoms. The third-order valence-electron chi connectivity index (χ3n) is 6.69. The lowest BCUT2D eigenvalue weighted by Crippen LogP contribution is -2.30. The Morgan fingerprint density at radius 3 is 2.00 bits per heavy atom. The van der Waals surface area contributed by atoms with Gasteiger partial charge in [-0.15, -0.1) is 11.8 Å². The van der Waals surface area contributed by atoms with E-state index in [0.717, 1.165) is 10.6 Å². The molecule has 0 radical (unpaired) electrons. The van der Waals surface area contributed by atoms with Crippen molar-refractivity contribution in [1.82, 2.24) is 5.32 Å². The number of carbonyl (C=O) groups excluding carboxylic acids is 3. The number of halogens is 2. The van der Waals surface area contributed by atoms with Gasteiger partial charge in [-0.25, -0.2) is 0 Å². The van der Waals surface area contributed by atoms with E-state index in [1.165, 1.54) is 17.8 Å². The van der Waals surface area contributed by atoms with E-state index in [4.69, 9.17) is 27.9 Å². The van der Waals surface area contributed by atoms with Crippen LogP contribution in [0.25, 0.3) is 6.08 Å². The molecule has 0 fully saturated rings. The van der Waals surface area contributed by atoms with Crippen molar-refractivity contribution in [2.45, 2.75) is 17.1 Å². The molecule has 0 aliphatic rings. The molecule has 0 heterocycles. The molecule has 7 nitrogen and oxygen atoms in total. The first-order chi connectivity index (χ1) is 22.7. The molecule has 0 aliphatic heterocycles. The van der Waals surface area contributed by atoms with Gasteiger partial charge in [0.1, 0.15) is 17.2 Å². The molecule has 3 amide bonds. The highest BCUT2D eigenvalue weighted by Gasteiger charge is 2.18. The second-order valence-electron chi connectivity index (χ2n) is 10.2. The molecule has 0 aliphatic carbocycles. The largest absolute Gasteiger partial charge is 0.457 e. The molecule has 5 aromatic carbocycles. The van der Waals surface area contributed by atoms with Crippen LogP contribution in [-0.2, 0) is 9.59 Å². The highest BCUT2D eigenvalue weighted by molar-refractivity contribution is 8.00. The summed E-state index contributed by atoms with van der Waals surface area (Å²) in [6, 6.07) is 37.1. The first-order valence-electron chi connectivity index (χ1n) is 14.5. The smallest absolute Gasteiger partial charge is 0.272 e. The van der Waals surface area contributed by atoms with Crippen molar-refractivity contribution in [3.63, 3.8) is 0 Å². The zero-order chi connectivity index (χ0) is 33.2. The number of thioether (sulfide) groups is 1. The second kappa shape index (κ2) is 16.0. The van der Waals surface area contributed by atoms with Crippen LogP contribution in [-0.4, -0.2) is 23.0 Å². The van der Waals surface area contributed by atoms with Crippen LogP contribution in [0.4, 0.5) is 11.4 Å². The average Bonchev–Trinajstić information content (AvgIpc) is 3.07. The Kier molecular flexibility index (Phi) is 11.4.